The number of carbonyl (C=O) groups excluding carboxylic acids is 1. The molecule has 376 valence electrons. The van der Waals surface area contributed by atoms with Crippen molar-refractivity contribution in [3.8, 4) is 51.6 Å². The standard InChI is InChI=1S/C29H24F4N4O2.C24H19F4N3O3/c1-18-11-19(5-6-23(18)26(38)14-28(17-34)7-8-28)25-15-36-27-24(35-10-9-29(31,32)33)13-22(16-37(25)27)39-21-4-2-3-20(30)12-21;1-14-9-15(5-6-19(14)23(32)33)21-12-30-22-20(29-8-7-24(26,27)28)11-18(13-31(21)22)34-17-4-2-3-16(25)10-17/h2-6,11-13,15-16,35H,7-10,14H2,1H3;2-6,9-13,29H,7-8H2,1H3,(H,32,33). The highest BCUT2D eigenvalue weighted by atomic mass is 19.4. The summed E-state index contributed by atoms with van der Waals surface area (Å²) in [6.07, 6.45) is -2.78. The maximum atomic E-state index is 13.7. The third kappa shape index (κ3) is 12.5. The van der Waals surface area contributed by atoms with E-state index in [1.807, 2.05) is 13.0 Å². The number of benzene rings is 4. The normalized spacial score (nSPS) is 12.9. The van der Waals surface area contributed by atoms with Gasteiger partial charge in [0.2, 0.25) is 0 Å². The molecule has 0 bridgehead atoms. The second kappa shape index (κ2) is 20.7. The summed E-state index contributed by atoms with van der Waals surface area (Å²) in [7, 11) is 0. The minimum Gasteiger partial charge on any atom is -0.478 e. The number of nitrogens with zero attached hydrogens (tertiary/aromatic N) is 5. The number of alkyl halides is 6. The molecule has 12 nitrogen and oxygen atoms in total. The van der Waals surface area contributed by atoms with Gasteiger partial charge >= 0.3 is 18.3 Å². The van der Waals surface area contributed by atoms with Crippen molar-refractivity contribution in [2.24, 2.45) is 5.41 Å². The van der Waals surface area contributed by atoms with Gasteiger partial charge in [0.25, 0.3) is 0 Å². The van der Waals surface area contributed by atoms with Gasteiger partial charge in [0.15, 0.2) is 17.1 Å². The maximum Gasteiger partial charge on any atom is 0.390 e. The highest BCUT2D eigenvalue weighted by molar-refractivity contribution is 5.99. The van der Waals surface area contributed by atoms with Crippen LogP contribution < -0.4 is 20.1 Å². The number of aromatic carboxylic acids is 1. The molecule has 73 heavy (non-hydrogen) atoms. The van der Waals surface area contributed by atoms with Crippen LogP contribution in [-0.2, 0) is 0 Å². The van der Waals surface area contributed by atoms with Crippen molar-refractivity contribution in [2.45, 2.75) is 58.3 Å². The van der Waals surface area contributed by atoms with Gasteiger partial charge in [-0.2, -0.15) is 31.6 Å². The third-order valence-electron chi connectivity index (χ3n) is 11.8. The molecule has 8 aromatic rings. The number of carboxylic acids is 1. The molecular formula is C53H43F8N7O5. The van der Waals surface area contributed by atoms with Crippen LogP contribution in [0, 0.1) is 42.2 Å². The average Bonchev–Trinajstić information content (AvgIpc) is 3.73. The highest BCUT2D eigenvalue weighted by Crippen LogP contribution is 2.49. The number of aryl methyl sites for hydroxylation is 2. The molecule has 1 fully saturated rings. The predicted molar refractivity (Wildman–Crippen MR) is 255 cm³/mol. The number of anilines is 2. The number of rotatable bonds is 16. The Bertz CT molecular complexity index is 3410. The Labute approximate surface area is 411 Å². The Morgan fingerprint density at radius 1 is 0.671 bits per heavy atom. The zero-order valence-corrected chi connectivity index (χ0v) is 38.8. The summed E-state index contributed by atoms with van der Waals surface area (Å²) >= 11 is 0. The first-order valence-corrected chi connectivity index (χ1v) is 22.6. The molecule has 0 amide bonds. The Balaban J connectivity index is 0.000000197. The second-order valence-corrected chi connectivity index (χ2v) is 17.4. The number of fused-ring (bicyclic) bond motifs is 2. The van der Waals surface area contributed by atoms with Crippen LogP contribution in [0.5, 0.6) is 23.0 Å². The molecule has 9 rings (SSSR count). The zero-order chi connectivity index (χ0) is 52.2. The van der Waals surface area contributed by atoms with Crippen molar-refractivity contribution in [1.29, 1.82) is 5.26 Å². The number of pyridine rings is 2. The van der Waals surface area contributed by atoms with E-state index in [1.54, 1.807) is 70.7 Å². The molecule has 3 N–H and O–H groups in total. The number of aromatic nitrogens is 4. The summed E-state index contributed by atoms with van der Waals surface area (Å²) in [6, 6.07) is 26.4. The number of hydrogen-bond donors (Lipinski definition) is 3. The first-order valence-electron chi connectivity index (χ1n) is 22.6. The molecule has 4 aromatic heterocycles. The molecule has 0 atom stereocenters. The van der Waals surface area contributed by atoms with Gasteiger partial charge in [-0.1, -0.05) is 30.3 Å². The lowest BCUT2D eigenvalue weighted by Crippen LogP contribution is -2.15. The van der Waals surface area contributed by atoms with Crippen molar-refractivity contribution in [2.75, 3.05) is 23.7 Å². The van der Waals surface area contributed by atoms with E-state index in [4.69, 9.17) is 9.47 Å². The Kier molecular flexibility index (Phi) is 14.4. The van der Waals surface area contributed by atoms with Crippen molar-refractivity contribution < 1.29 is 59.3 Å². The molecule has 0 unspecified atom stereocenters. The average molecular weight is 1010 g/mol. The summed E-state index contributed by atoms with van der Waals surface area (Å²) in [5.41, 5.74) is 5.32. The summed E-state index contributed by atoms with van der Waals surface area (Å²) in [4.78, 5) is 33.0. The van der Waals surface area contributed by atoms with Gasteiger partial charge in [0, 0.05) is 60.5 Å². The molecule has 0 spiro atoms. The number of ether oxygens (including phenoxy) is 2. The van der Waals surface area contributed by atoms with Gasteiger partial charge in [-0.05, 0) is 80.3 Å². The Morgan fingerprint density at radius 3 is 1.51 bits per heavy atom. The lowest BCUT2D eigenvalue weighted by Gasteiger charge is -2.14. The van der Waals surface area contributed by atoms with Gasteiger partial charge in [0.05, 0.1) is 77.4 Å². The maximum absolute atomic E-state index is 13.7. The Hall–Kier alpha value is -8.47. The lowest BCUT2D eigenvalue weighted by atomic mass is 9.93. The molecule has 0 saturated heterocycles. The quantitative estimate of drug-likeness (QED) is 0.0629. The van der Waals surface area contributed by atoms with Crippen LogP contribution in [-0.4, -0.2) is 61.1 Å². The third-order valence-corrected chi connectivity index (χ3v) is 11.8. The predicted octanol–water partition coefficient (Wildman–Crippen LogP) is 13.8. The molecule has 1 aliphatic carbocycles. The number of halogens is 8. The van der Waals surface area contributed by atoms with E-state index < -0.39 is 48.2 Å². The fraction of sp³-hybridized carbons (Fsp3) is 0.226. The van der Waals surface area contributed by atoms with E-state index in [2.05, 4.69) is 26.7 Å². The van der Waals surface area contributed by atoms with Crippen LogP contribution in [0.3, 0.4) is 0 Å². The van der Waals surface area contributed by atoms with Crippen LogP contribution in [0.4, 0.5) is 46.5 Å². The minimum absolute atomic E-state index is 0.0850. The molecule has 1 aliphatic rings. The summed E-state index contributed by atoms with van der Waals surface area (Å²) < 4.78 is 119. The van der Waals surface area contributed by atoms with Gasteiger partial charge < -0.3 is 25.2 Å². The van der Waals surface area contributed by atoms with Crippen molar-refractivity contribution in [3.63, 3.8) is 0 Å². The zero-order valence-electron chi connectivity index (χ0n) is 38.8. The summed E-state index contributed by atoms with van der Waals surface area (Å²) in [6.45, 7) is 2.73. The topological polar surface area (TPSA) is 155 Å². The summed E-state index contributed by atoms with van der Waals surface area (Å²) in [5.74, 6) is -1.19. The van der Waals surface area contributed by atoms with E-state index in [0.29, 0.717) is 50.7 Å². The number of carbonyl (C=O) groups is 2. The minimum atomic E-state index is -4.33. The first kappa shape index (κ1) is 50.9. The number of imidazole rings is 2. The molecule has 20 heteroatoms. The largest absolute Gasteiger partial charge is 0.478 e. The van der Waals surface area contributed by atoms with Gasteiger partial charge in [0.1, 0.15) is 34.6 Å². The number of ketones is 1. The monoisotopic (exact) mass is 1010 g/mol. The summed E-state index contributed by atoms with van der Waals surface area (Å²) in [5, 5.41) is 24.2. The van der Waals surface area contributed by atoms with E-state index >= 15 is 0 Å². The van der Waals surface area contributed by atoms with Crippen LogP contribution in [0.1, 0.15) is 63.9 Å². The van der Waals surface area contributed by atoms with E-state index in [1.165, 1.54) is 60.8 Å². The first-order chi connectivity index (χ1) is 34.7. The number of nitrogens with one attached hydrogen (secondary N) is 2. The second-order valence-electron chi connectivity index (χ2n) is 17.4. The van der Waals surface area contributed by atoms with Crippen LogP contribution in [0.25, 0.3) is 33.8 Å². The molecular weight excluding hydrogens is 967 g/mol. The highest BCUT2D eigenvalue weighted by Gasteiger charge is 2.45. The smallest absolute Gasteiger partial charge is 0.390 e. The fourth-order valence-corrected chi connectivity index (χ4v) is 8.01. The van der Waals surface area contributed by atoms with Crippen LogP contribution >= 0.6 is 0 Å². The molecule has 4 heterocycles. The molecule has 0 aliphatic heterocycles. The van der Waals surface area contributed by atoms with Crippen molar-refractivity contribution in [3.05, 3.63) is 156 Å². The Morgan fingerprint density at radius 2 is 1.12 bits per heavy atom. The van der Waals surface area contributed by atoms with E-state index in [0.717, 1.165) is 24.0 Å². The van der Waals surface area contributed by atoms with Crippen molar-refractivity contribution >= 4 is 34.4 Å². The number of nitriles is 1. The number of Topliss-reactive ketones (excluding diaryl/α,β-unsaturated/α-hetero) is 1. The fourth-order valence-electron chi connectivity index (χ4n) is 8.01. The lowest BCUT2D eigenvalue weighted by molar-refractivity contribution is -0.132. The SMILES string of the molecule is Cc1cc(-c2cnc3c(NCCC(F)(F)F)cc(Oc4cccc(F)c4)cn23)ccc1C(=O)CC1(C#N)CC1.Cc1cc(-c2cnc3c(NCCC(F)(F)F)cc(Oc4cccc(F)c4)cn23)ccc1C(=O)O. The molecule has 1 saturated carbocycles. The van der Waals surface area contributed by atoms with Gasteiger partial charge in [-0.3, -0.25) is 13.6 Å². The molecule has 4 aromatic carbocycles. The number of carboxylic acid groups (broad SMARTS) is 1. The van der Waals surface area contributed by atoms with Crippen molar-refractivity contribution in [1.82, 2.24) is 18.8 Å². The van der Waals surface area contributed by atoms with Crippen LogP contribution in [0.2, 0.25) is 0 Å². The molecule has 0 radical (unpaired) electrons. The van der Waals surface area contributed by atoms with Crippen LogP contribution in [0.15, 0.2) is 122 Å². The van der Waals surface area contributed by atoms with E-state index in [-0.39, 0.29) is 53.9 Å². The van der Waals surface area contributed by atoms with Gasteiger partial charge in [-0.15, -0.1) is 0 Å². The number of hydrogen-bond acceptors (Lipinski definition) is 9. The van der Waals surface area contributed by atoms with E-state index in [9.17, 15) is 55.1 Å². The van der Waals surface area contributed by atoms with Gasteiger partial charge in [-0.25, -0.2) is 23.5 Å².